The molecular formula is C22H23F3N6O. The van der Waals surface area contributed by atoms with Crippen molar-refractivity contribution in [1.82, 2.24) is 15.2 Å². The molecule has 0 radical (unpaired) electrons. The fraction of sp³-hybridized carbons (Fsp3) is 0.409. The fourth-order valence-corrected chi connectivity index (χ4v) is 4.37. The molecule has 10 heteroatoms. The van der Waals surface area contributed by atoms with E-state index in [4.69, 9.17) is 10.5 Å². The Labute approximate surface area is 182 Å². The van der Waals surface area contributed by atoms with Crippen LogP contribution in [0.4, 0.5) is 30.4 Å². The number of aryl methyl sites for hydroxylation is 1. The van der Waals surface area contributed by atoms with Crippen molar-refractivity contribution in [3.63, 3.8) is 0 Å². The van der Waals surface area contributed by atoms with Gasteiger partial charge in [-0.1, -0.05) is 0 Å². The van der Waals surface area contributed by atoms with Gasteiger partial charge in [0.2, 0.25) is 0 Å². The number of nitrogens with one attached hydrogen (secondary N) is 1. The monoisotopic (exact) mass is 444 g/mol. The van der Waals surface area contributed by atoms with Crippen LogP contribution in [0, 0.1) is 6.92 Å². The lowest BCUT2D eigenvalue weighted by Crippen LogP contribution is -2.57. The topological polar surface area (TPSA) is 89.2 Å². The fourth-order valence-electron chi connectivity index (χ4n) is 4.37. The molecule has 2 bridgehead atoms. The number of pyridine rings is 1. The molecule has 2 unspecified atom stereocenters. The first-order valence-electron chi connectivity index (χ1n) is 10.4. The van der Waals surface area contributed by atoms with Crippen LogP contribution in [-0.2, 0) is 10.9 Å². The van der Waals surface area contributed by atoms with E-state index in [0.717, 1.165) is 42.7 Å². The summed E-state index contributed by atoms with van der Waals surface area (Å²) < 4.78 is 45.4. The molecule has 6 rings (SSSR count). The van der Waals surface area contributed by atoms with Crippen LogP contribution in [-0.4, -0.2) is 40.5 Å². The Kier molecular flexibility index (Phi) is 4.85. The number of rotatable bonds is 4. The summed E-state index contributed by atoms with van der Waals surface area (Å²) in [5, 5.41) is 12.4. The first-order chi connectivity index (χ1) is 15.2. The summed E-state index contributed by atoms with van der Waals surface area (Å²) in [5.41, 5.74) is 7.75. The second-order valence-corrected chi connectivity index (χ2v) is 8.50. The summed E-state index contributed by atoms with van der Waals surface area (Å²) >= 11 is 0. The van der Waals surface area contributed by atoms with Crippen LogP contribution in [0.25, 0.3) is 10.9 Å². The van der Waals surface area contributed by atoms with Gasteiger partial charge in [-0.15, -0.1) is 5.10 Å². The van der Waals surface area contributed by atoms with Gasteiger partial charge in [-0.2, -0.15) is 18.3 Å². The van der Waals surface area contributed by atoms with Gasteiger partial charge >= 0.3 is 6.18 Å². The van der Waals surface area contributed by atoms with Crippen molar-refractivity contribution < 1.29 is 17.9 Å². The van der Waals surface area contributed by atoms with Crippen LogP contribution >= 0.6 is 0 Å². The Bertz CT molecular complexity index is 1170. The molecule has 3 saturated heterocycles. The SMILES string of the molecule is Cc1nnc(N[C@H](C)c2cc(N)cc(C(F)(F)F)c2)c2cc(N3CC4CC(C3)O4)cnc12. The van der Waals surface area contributed by atoms with E-state index in [-0.39, 0.29) is 17.9 Å². The zero-order chi connectivity index (χ0) is 22.6. The minimum atomic E-state index is -4.47. The van der Waals surface area contributed by atoms with Gasteiger partial charge in [-0.25, -0.2) is 0 Å². The highest BCUT2D eigenvalue weighted by Gasteiger charge is 2.38. The van der Waals surface area contributed by atoms with Crippen LogP contribution in [0.2, 0.25) is 0 Å². The highest BCUT2D eigenvalue weighted by molar-refractivity contribution is 5.92. The molecule has 1 aromatic carbocycles. The smallest absolute Gasteiger partial charge is 0.399 e. The highest BCUT2D eigenvalue weighted by Crippen LogP contribution is 2.35. The number of ether oxygens (including phenoxy) is 1. The average Bonchev–Trinajstić information content (AvgIpc) is 2.74. The number of halogens is 3. The first-order valence-corrected chi connectivity index (χ1v) is 10.4. The number of nitrogens with zero attached hydrogens (tertiary/aromatic N) is 4. The van der Waals surface area contributed by atoms with E-state index in [1.807, 2.05) is 19.2 Å². The van der Waals surface area contributed by atoms with Crippen LogP contribution in [0.5, 0.6) is 0 Å². The number of aromatic nitrogens is 3. The maximum Gasteiger partial charge on any atom is 0.416 e. The molecule has 0 saturated carbocycles. The number of benzene rings is 1. The number of morpholine rings is 1. The van der Waals surface area contributed by atoms with Crippen molar-refractivity contribution in [2.24, 2.45) is 0 Å². The summed E-state index contributed by atoms with van der Waals surface area (Å²) in [6.45, 7) is 5.20. The maximum atomic E-state index is 13.2. The van der Waals surface area contributed by atoms with E-state index in [2.05, 4.69) is 25.4 Å². The highest BCUT2D eigenvalue weighted by atomic mass is 19.4. The normalized spacial score (nSPS) is 21.3. The van der Waals surface area contributed by atoms with Gasteiger partial charge in [0, 0.05) is 30.6 Å². The Balaban J connectivity index is 1.48. The zero-order valence-electron chi connectivity index (χ0n) is 17.6. The molecule has 3 atom stereocenters. The maximum absolute atomic E-state index is 13.2. The largest absolute Gasteiger partial charge is 0.416 e. The van der Waals surface area contributed by atoms with Crippen molar-refractivity contribution in [2.75, 3.05) is 29.0 Å². The summed E-state index contributed by atoms with van der Waals surface area (Å²) in [6.07, 6.45) is -1.05. The number of nitrogen functional groups attached to an aromatic ring is 1. The number of hydrogen-bond donors (Lipinski definition) is 2. The molecule has 0 amide bonds. The molecule has 0 spiro atoms. The van der Waals surface area contributed by atoms with Crippen molar-refractivity contribution >= 4 is 28.1 Å². The molecule has 3 aliphatic rings. The Morgan fingerprint density at radius 2 is 1.88 bits per heavy atom. The zero-order valence-corrected chi connectivity index (χ0v) is 17.6. The summed E-state index contributed by atoms with van der Waals surface area (Å²) in [7, 11) is 0. The third-order valence-electron chi connectivity index (χ3n) is 6.05. The van der Waals surface area contributed by atoms with Gasteiger partial charge in [0.05, 0.1) is 46.9 Å². The van der Waals surface area contributed by atoms with Crippen molar-refractivity contribution in [1.29, 1.82) is 0 Å². The lowest BCUT2D eigenvalue weighted by Gasteiger charge is -2.47. The lowest BCUT2D eigenvalue weighted by molar-refractivity contribution is -0.137. The van der Waals surface area contributed by atoms with E-state index in [9.17, 15) is 13.2 Å². The quantitative estimate of drug-likeness (QED) is 0.586. The molecule has 3 aromatic rings. The molecule has 5 heterocycles. The number of nitrogens with two attached hydrogens (primary N) is 1. The van der Waals surface area contributed by atoms with Crippen LogP contribution in [0.1, 0.15) is 36.2 Å². The Morgan fingerprint density at radius 1 is 1.16 bits per heavy atom. The minimum Gasteiger partial charge on any atom is -0.399 e. The molecular weight excluding hydrogens is 421 g/mol. The second-order valence-electron chi connectivity index (χ2n) is 8.50. The molecule has 2 aromatic heterocycles. The summed E-state index contributed by atoms with van der Waals surface area (Å²) in [6, 6.07) is 5.08. The van der Waals surface area contributed by atoms with Gasteiger partial charge in [-0.3, -0.25) is 4.98 Å². The molecule has 3 N–H and O–H groups in total. The Morgan fingerprint density at radius 3 is 2.56 bits per heavy atom. The van der Waals surface area contributed by atoms with E-state index in [1.54, 1.807) is 6.92 Å². The number of fused-ring (bicyclic) bond motifs is 3. The van der Waals surface area contributed by atoms with E-state index >= 15 is 0 Å². The summed E-state index contributed by atoms with van der Waals surface area (Å²) in [5.74, 6) is 0.460. The number of hydrogen-bond acceptors (Lipinski definition) is 7. The molecule has 0 aliphatic carbocycles. The third kappa shape index (κ3) is 3.79. The van der Waals surface area contributed by atoms with Gasteiger partial charge < -0.3 is 20.7 Å². The van der Waals surface area contributed by atoms with Gasteiger partial charge in [0.1, 0.15) is 0 Å². The average molecular weight is 444 g/mol. The number of piperidine rings is 1. The van der Waals surface area contributed by atoms with Crippen LogP contribution < -0.4 is 16.0 Å². The molecule has 3 fully saturated rings. The predicted octanol–water partition coefficient (Wildman–Crippen LogP) is 4.08. The number of anilines is 3. The molecule has 3 aliphatic heterocycles. The molecule has 168 valence electrons. The molecule has 7 nitrogen and oxygen atoms in total. The summed E-state index contributed by atoms with van der Waals surface area (Å²) in [4.78, 5) is 6.84. The van der Waals surface area contributed by atoms with Crippen molar-refractivity contribution in [2.45, 2.75) is 44.7 Å². The van der Waals surface area contributed by atoms with Gasteiger partial charge in [0.15, 0.2) is 5.82 Å². The van der Waals surface area contributed by atoms with Gasteiger partial charge in [0.25, 0.3) is 0 Å². The van der Waals surface area contributed by atoms with Crippen LogP contribution in [0.15, 0.2) is 30.5 Å². The Hall–Kier alpha value is -3.14. The second kappa shape index (κ2) is 7.47. The third-order valence-corrected chi connectivity index (χ3v) is 6.05. The standard InChI is InChI=1S/C22H23F3N6O/c1-11(13-3-14(22(23,24)25)5-15(26)4-13)28-21-19-6-16(8-27-20(19)12(2)29-30-21)31-9-17-7-18(10-31)32-17/h3-6,8,11,17-18H,7,9-10,26H2,1-2H3,(H,28,30)/t11-,17?,18?/m1/s1. The van der Waals surface area contributed by atoms with Crippen molar-refractivity contribution in [3.05, 3.63) is 47.3 Å². The van der Waals surface area contributed by atoms with Crippen molar-refractivity contribution in [3.8, 4) is 0 Å². The minimum absolute atomic E-state index is 0.0539. The van der Waals surface area contributed by atoms with E-state index < -0.39 is 17.8 Å². The molecule has 32 heavy (non-hydrogen) atoms. The van der Waals surface area contributed by atoms with Gasteiger partial charge in [-0.05, 0) is 43.7 Å². The van der Waals surface area contributed by atoms with Crippen LogP contribution in [0.3, 0.4) is 0 Å². The number of alkyl halides is 3. The lowest BCUT2D eigenvalue weighted by atomic mass is 9.98. The van der Waals surface area contributed by atoms with E-state index in [0.29, 0.717) is 22.6 Å². The van der Waals surface area contributed by atoms with E-state index in [1.165, 1.54) is 6.07 Å². The predicted molar refractivity (Wildman–Crippen MR) is 115 cm³/mol. The first kappa shape index (κ1) is 20.7.